The van der Waals surface area contributed by atoms with Gasteiger partial charge in [-0.1, -0.05) is 36.4 Å². The highest BCUT2D eigenvalue weighted by Gasteiger charge is 2.13. The van der Waals surface area contributed by atoms with Crippen LogP contribution < -0.4 is 0 Å². The van der Waals surface area contributed by atoms with E-state index in [2.05, 4.69) is 91.2 Å². The van der Waals surface area contributed by atoms with E-state index < -0.39 is 0 Å². The SMILES string of the molecule is Brc1ccsc1-c1cccc2c(-c3sccc3Br)cccc12. The second-order valence-electron chi connectivity index (χ2n) is 4.90. The fraction of sp³-hybridized carbons (Fsp3) is 0. The van der Waals surface area contributed by atoms with Gasteiger partial charge in [0.05, 0.1) is 0 Å². The third-order valence-electron chi connectivity index (χ3n) is 3.65. The maximum absolute atomic E-state index is 3.66. The molecular weight excluding hydrogens is 440 g/mol. The summed E-state index contributed by atoms with van der Waals surface area (Å²) in [5.74, 6) is 0. The molecule has 2 aromatic heterocycles. The largest absolute Gasteiger partial charge is 0.143 e. The summed E-state index contributed by atoms with van der Waals surface area (Å²) in [6.45, 7) is 0. The Morgan fingerprint density at radius 1 is 0.591 bits per heavy atom. The van der Waals surface area contributed by atoms with Crippen LogP contribution in [0.3, 0.4) is 0 Å². The monoisotopic (exact) mass is 448 g/mol. The van der Waals surface area contributed by atoms with Crippen molar-refractivity contribution in [3.05, 3.63) is 68.2 Å². The van der Waals surface area contributed by atoms with Crippen LogP contribution in [0.5, 0.6) is 0 Å². The molecule has 0 amide bonds. The normalized spacial score (nSPS) is 11.2. The quantitative estimate of drug-likeness (QED) is 0.292. The van der Waals surface area contributed by atoms with E-state index in [-0.39, 0.29) is 0 Å². The minimum absolute atomic E-state index is 1.16. The Hall–Kier alpha value is -0.940. The Bertz CT molecular complexity index is 887. The van der Waals surface area contributed by atoms with E-state index in [0.717, 1.165) is 8.95 Å². The molecule has 22 heavy (non-hydrogen) atoms. The van der Waals surface area contributed by atoms with Crippen molar-refractivity contribution in [1.82, 2.24) is 0 Å². The average molecular weight is 450 g/mol. The molecule has 4 rings (SSSR count). The molecular formula is C18H10Br2S2. The van der Waals surface area contributed by atoms with Crippen molar-refractivity contribution in [2.45, 2.75) is 0 Å². The summed E-state index contributed by atoms with van der Waals surface area (Å²) < 4.78 is 2.32. The highest BCUT2D eigenvalue weighted by molar-refractivity contribution is 9.11. The number of hydrogen-bond acceptors (Lipinski definition) is 2. The molecule has 4 aromatic rings. The Balaban J connectivity index is 2.04. The van der Waals surface area contributed by atoms with Gasteiger partial charge in [-0.25, -0.2) is 0 Å². The lowest BCUT2D eigenvalue weighted by Gasteiger charge is -2.10. The van der Waals surface area contributed by atoms with Crippen LogP contribution in [-0.2, 0) is 0 Å². The van der Waals surface area contributed by atoms with Crippen molar-refractivity contribution in [2.75, 3.05) is 0 Å². The standard InChI is InChI=1S/C18H10Br2S2/c19-15-7-9-21-17(15)13-5-1-3-11-12(13)4-2-6-14(11)18-16(20)8-10-22-18/h1-10H. The van der Waals surface area contributed by atoms with E-state index in [9.17, 15) is 0 Å². The van der Waals surface area contributed by atoms with E-state index in [0.29, 0.717) is 0 Å². The van der Waals surface area contributed by atoms with Crippen molar-refractivity contribution in [1.29, 1.82) is 0 Å². The molecule has 0 saturated heterocycles. The molecule has 108 valence electrons. The summed E-state index contributed by atoms with van der Waals surface area (Å²) in [6, 6.07) is 17.3. The molecule has 0 N–H and O–H groups in total. The van der Waals surface area contributed by atoms with E-state index >= 15 is 0 Å². The second kappa shape index (κ2) is 5.93. The topological polar surface area (TPSA) is 0 Å². The van der Waals surface area contributed by atoms with Crippen LogP contribution in [0.2, 0.25) is 0 Å². The highest BCUT2D eigenvalue weighted by atomic mass is 79.9. The zero-order chi connectivity index (χ0) is 15.1. The molecule has 0 unspecified atom stereocenters. The molecule has 0 bridgehead atoms. The summed E-state index contributed by atoms with van der Waals surface area (Å²) in [5, 5.41) is 6.84. The Morgan fingerprint density at radius 2 is 1.05 bits per heavy atom. The number of halogens is 2. The molecule has 2 aromatic carbocycles. The van der Waals surface area contributed by atoms with Gasteiger partial charge in [0, 0.05) is 29.8 Å². The Labute approximate surface area is 153 Å². The van der Waals surface area contributed by atoms with Gasteiger partial charge < -0.3 is 0 Å². The van der Waals surface area contributed by atoms with E-state index in [4.69, 9.17) is 0 Å². The number of fused-ring (bicyclic) bond motifs is 1. The van der Waals surface area contributed by atoms with Gasteiger partial charge in [0.1, 0.15) is 0 Å². The van der Waals surface area contributed by atoms with Crippen LogP contribution in [0.1, 0.15) is 0 Å². The molecule has 4 heteroatoms. The molecule has 0 saturated carbocycles. The van der Waals surface area contributed by atoms with Crippen molar-refractivity contribution >= 4 is 65.3 Å². The summed E-state index contributed by atoms with van der Waals surface area (Å²) in [6.07, 6.45) is 0. The molecule has 0 aliphatic carbocycles. The molecule has 0 atom stereocenters. The number of thiophene rings is 2. The van der Waals surface area contributed by atoms with Gasteiger partial charge in [-0.2, -0.15) is 0 Å². The second-order valence-corrected chi connectivity index (χ2v) is 8.44. The first-order valence-corrected chi connectivity index (χ1v) is 10.1. The lowest BCUT2D eigenvalue weighted by Crippen LogP contribution is -1.83. The van der Waals surface area contributed by atoms with E-state index in [1.807, 2.05) is 0 Å². The molecule has 0 radical (unpaired) electrons. The molecule has 0 nitrogen and oxygen atoms in total. The minimum atomic E-state index is 1.16. The number of benzene rings is 2. The van der Waals surface area contributed by atoms with Crippen LogP contribution in [-0.4, -0.2) is 0 Å². The first-order chi connectivity index (χ1) is 10.8. The maximum atomic E-state index is 3.66. The lowest BCUT2D eigenvalue weighted by molar-refractivity contribution is 1.70. The van der Waals surface area contributed by atoms with Crippen LogP contribution in [0.15, 0.2) is 68.2 Å². The van der Waals surface area contributed by atoms with Gasteiger partial charge in [-0.3, -0.25) is 0 Å². The summed E-state index contributed by atoms with van der Waals surface area (Å²) in [4.78, 5) is 2.57. The highest BCUT2D eigenvalue weighted by Crippen LogP contribution is 2.42. The van der Waals surface area contributed by atoms with Crippen molar-refractivity contribution in [3.8, 4) is 20.9 Å². The fourth-order valence-electron chi connectivity index (χ4n) is 2.68. The Kier molecular flexibility index (Phi) is 3.95. The van der Waals surface area contributed by atoms with Crippen molar-refractivity contribution in [3.63, 3.8) is 0 Å². The third kappa shape index (κ3) is 2.38. The lowest BCUT2D eigenvalue weighted by atomic mass is 9.98. The van der Waals surface area contributed by atoms with Crippen molar-refractivity contribution < 1.29 is 0 Å². The zero-order valence-corrected chi connectivity index (χ0v) is 16.2. The van der Waals surface area contributed by atoms with Gasteiger partial charge in [0.2, 0.25) is 0 Å². The van der Waals surface area contributed by atoms with Gasteiger partial charge >= 0.3 is 0 Å². The number of hydrogen-bond donors (Lipinski definition) is 0. The van der Waals surface area contributed by atoms with Crippen LogP contribution in [0.4, 0.5) is 0 Å². The fourth-order valence-corrected chi connectivity index (χ4v) is 5.93. The summed E-state index contributed by atoms with van der Waals surface area (Å²) in [5.41, 5.74) is 2.57. The zero-order valence-electron chi connectivity index (χ0n) is 11.3. The first kappa shape index (κ1) is 14.6. The number of rotatable bonds is 2. The predicted octanol–water partition coefficient (Wildman–Crippen LogP) is 7.82. The van der Waals surface area contributed by atoms with Gasteiger partial charge in [0.15, 0.2) is 0 Å². The van der Waals surface area contributed by atoms with E-state index in [1.54, 1.807) is 22.7 Å². The van der Waals surface area contributed by atoms with Crippen molar-refractivity contribution in [2.24, 2.45) is 0 Å². The predicted molar refractivity (Wildman–Crippen MR) is 106 cm³/mol. The Morgan fingerprint density at radius 3 is 1.41 bits per heavy atom. The maximum Gasteiger partial charge on any atom is 0.0491 e. The van der Waals surface area contributed by atoms with Gasteiger partial charge in [-0.05, 0) is 65.5 Å². The molecule has 0 spiro atoms. The van der Waals surface area contributed by atoms with Gasteiger partial charge in [-0.15, -0.1) is 22.7 Å². The summed E-state index contributed by atoms with van der Waals surface area (Å²) >= 11 is 10.9. The van der Waals surface area contributed by atoms with Crippen LogP contribution >= 0.6 is 54.5 Å². The summed E-state index contributed by atoms with van der Waals surface area (Å²) in [7, 11) is 0. The van der Waals surface area contributed by atoms with Crippen LogP contribution in [0, 0.1) is 0 Å². The molecule has 2 heterocycles. The molecule has 0 aliphatic heterocycles. The molecule has 0 fully saturated rings. The first-order valence-electron chi connectivity index (χ1n) is 6.74. The average Bonchev–Trinajstić information content (AvgIpc) is 3.14. The molecule has 0 aliphatic rings. The van der Waals surface area contributed by atoms with Gasteiger partial charge in [0.25, 0.3) is 0 Å². The van der Waals surface area contributed by atoms with Crippen LogP contribution in [0.25, 0.3) is 31.7 Å². The third-order valence-corrected chi connectivity index (χ3v) is 7.39. The van der Waals surface area contributed by atoms with E-state index in [1.165, 1.54) is 31.7 Å². The smallest absolute Gasteiger partial charge is 0.0491 e. The minimum Gasteiger partial charge on any atom is -0.143 e.